The fourth-order valence-electron chi connectivity index (χ4n) is 4.98. The minimum Gasteiger partial charge on any atom is -0.477 e. The SMILES string of the molecule is N#CC[C@H]1CCc2cc3c(c(NC(=O)N=[S@](N)(=O)c4cnn5c4OCCC5)c21)CCC3. The number of benzene rings is 1. The molecule has 2 aliphatic carbocycles. The van der Waals surface area contributed by atoms with Gasteiger partial charge in [-0.15, -0.1) is 4.36 Å². The van der Waals surface area contributed by atoms with Crippen molar-refractivity contribution >= 4 is 21.6 Å². The van der Waals surface area contributed by atoms with E-state index in [1.54, 1.807) is 4.68 Å². The number of hydrogen-bond acceptors (Lipinski definition) is 5. The van der Waals surface area contributed by atoms with Gasteiger partial charge in [-0.3, -0.25) is 0 Å². The molecule has 3 N–H and O–H groups in total. The first-order valence-corrected chi connectivity index (χ1v) is 12.1. The minimum atomic E-state index is -3.53. The number of fused-ring (bicyclic) bond motifs is 3. The van der Waals surface area contributed by atoms with Crippen LogP contribution in [0, 0.1) is 11.3 Å². The Morgan fingerprint density at radius 1 is 1.39 bits per heavy atom. The highest BCUT2D eigenvalue weighted by atomic mass is 32.2. The second kappa shape index (κ2) is 7.66. The smallest absolute Gasteiger partial charge is 0.354 e. The third kappa shape index (κ3) is 3.47. The van der Waals surface area contributed by atoms with E-state index >= 15 is 0 Å². The number of nitrogens with two attached hydrogens (primary N) is 1. The van der Waals surface area contributed by atoms with Crippen molar-refractivity contribution in [3.05, 3.63) is 34.5 Å². The summed E-state index contributed by atoms with van der Waals surface area (Å²) in [5, 5.41) is 22.3. The molecule has 1 aliphatic heterocycles. The van der Waals surface area contributed by atoms with Gasteiger partial charge in [-0.05, 0) is 60.3 Å². The molecule has 9 nitrogen and oxygen atoms in total. The molecule has 1 aromatic heterocycles. The Bertz CT molecular complexity index is 1230. The van der Waals surface area contributed by atoms with E-state index in [1.165, 1.54) is 17.3 Å². The van der Waals surface area contributed by atoms with Crippen molar-refractivity contribution in [1.29, 1.82) is 5.26 Å². The summed E-state index contributed by atoms with van der Waals surface area (Å²) in [6, 6.07) is 3.73. The van der Waals surface area contributed by atoms with Gasteiger partial charge in [0.15, 0.2) is 9.92 Å². The molecule has 0 bridgehead atoms. The Morgan fingerprint density at radius 3 is 3.10 bits per heavy atom. The molecule has 2 heterocycles. The van der Waals surface area contributed by atoms with Gasteiger partial charge < -0.3 is 10.1 Å². The molecule has 0 fully saturated rings. The van der Waals surface area contributed by atoms with Crippen molar-refractivity contribution < 1.29 is 13.7 Å². The molecule has 3 aliphatic rings. The number of aromatic nitrogens is 2. The topological polar surface area (TPSA) is 135 Å². The molecule has 0 radical (unpaired) electrons. The summed E-state index contributed by atoms with van der Waals surface area (Å²) in [6.45, 7) is 1.11. The molecular weight excluding hydrogens is 416 g/mol. The van der Waals surface area contributed by atoms with Crippen LogP contribution in [0.1, 0.15) is 53.9 Å². The van der Waals surface area contributed by atoms with Crippen LogP contribution in [0.4, 0.5) is 10.5 Å². The van der Waals surface area contributed by atoms with Crippen LogP contribution < -0.4 is 15.2 Å². The fourth-order valence-corrected chi connectivity index (χ4v) is 5.98. The van der Waals surface area contributed by atoms with Gasteiger partial charge in [0.05, 0.1) is 18.9 Å². The van der Waals surface area contributed by atoms with Crippen LogP contribution >= 0.6 is 0 Å². The van der Waals surface area contributed by atoms with E-state index in [9.17, 15) is 14.3 Å². The van der Waals surface area contributed by atoms with Crippen molar-refractivity contribution in [1.82, 2.24) is 9.78 Å². The minimum absolute atomic E-state index is 0.0829. The molecular formula is C21H24N6O3S. The van der Waals surface area contributed by atoms with E-state index in [-0.39, 0.29) is 10.8 Å². The highest BCUT2D eigenvalue weighted by Gasteiger charge is 2.31. The van der Waals surface area contributed by atoms with Crippen molar-refractivity contribution in [2.45, 2.75) is 62.3 Å². The average molecular weight is 441 g/mol. The second-order valence-corrected chi connectivity index (χ2v) is 10.0. The van der Waals surface area contributed by atoms with Gasteiger partial charge in [-0.2, -0.15) is 10.4 Å². The largest absolute Gasteiger partial charge is 0.477 e. The molecule has 0 unspecified atom stereocenters. The lowest BCUT2D eigenvalue weighted by Gasteiger charge is -2.18. The Morgan fingerprint density at radius 2 is 2.26 bits per heavy atom. The number of aryl methyl sites for hydroxylation is 3. The summed E-state index contributed by atoms with van der Waals surface area (Å²) < 4.78 is 24.1. The predicted octanol–water partition coefficient (Wildman–Crippen LogP) is 3.03. The molecule has 0 saturated carbocycles. The van der Waals surface area contributed by atoms with Gasteiger partial charge in [0, 0.05) is 25.1 Å². The van der Waals surface area contributed by atoms with Crippen LogP contribution in [0.3, 0.4) is 0 Å². The number of amides is 2. The molecule has 2 aromatic rings. The van der Waals surface area contributed by atoms with Gasteiger partial charge in [0.2, 0.25) is 5.88 Å². The molecule has 10 heteroatoms. The van der Waals surface area contributed by atoms with Gasteiger partial charge in [-0.1, -0.05) is 6.07 Å². The number of rotatable bonds is 3. The number of urea groups is 1. The zero-order valence-electron chi connectivity index (χ0n) is 17.1. The van der Waals surface area contributed by atoms with E-state index in [2.05, 4.69) is 26.9 Å². The van der Waals surface area contributed by atoms with Gasteiger partial charge in [-0.25, -0.2) is 18.8 Å². The Balaban J connectivity index is 1.51. The van der Waals surface area contributed by atoms with Crippen molar-refractivity contribution in [3.8, 4) is 11.9 Å². The number of anilines is 1. The van der Waals surface area contributed by atoms with Crippen molar-refractivity contribution in [2.24, 2.45) is 9.50 Å². The first-order valence-electron chi connectivity index (χ1n) is 10.6. The third-order valence-corrected chi connectivity index (χ3v) is 7.66. The van der Waals surface area contributed by atoms with Crippen LogP contribution in [0.5, 0.6) is 5.88 Å². The maximum absolute atomic E-state index is 13.1. The third-order valence-electron chi connectivity index (χ3n) is 6.31. The number of carbonyl (C=O) groups excluding carboxylic acids is 1. The van der Waals surface area contributed by atoms with Crippen molar-refractivity contribution in [2.75, 3.05) is 11.9 Å². The molecule has 162 valence electrons. The van der Waals surface area contributed by atoms with Crippen molar-refractivity contribution in [3.63, 3.8) is 0 Å². The number of nitriles is 1. The summed E-state index contributed by atoms with van der Waals surface area (Å²) in [7, 11) is -3.53. The lowest BCUT2D eigenvalue weighted by atomic mass is 9.92. The number of nitrogens with zero attached hydrogens (tertiary/aromatic N) is 4. The quantitative estimate of drug-likeness (QED) is 0.756. The van der Waals surface area contributed by atoms with E-state index < -0.39 is 15.9 Å². The van der Waals surface area contributed by atoms with Crippen LogP contribution in [-0.4, -0.2) is 26.6 Å². The Hall–Kier alpha value is -2.90. The lowest BCUT2D eigenvalue weighted by molar-refractivity contribution is 0.224. The molecule has 5 rings (SSSR count). The maximum Gasteiger partial charge on any atom is 0.354 e. The zero-order valence-corrected chi connectivity index (χ0v) is 17.9. The standard InChI is InChI=1S/C21H24N6O3S/c22-8-7-13-5-6-15-11-14-3-1-4-16(14)19(18(13)15)25-21(28)26-31(23,29)17-12-24-27-9-2-10-30-20(17)27/h11-13H,1-7,9-10H2,(H3,23,25,26,28,29)/t13-,31+/m1/s1. The summed E-state index contributed by atoms with van der Waals surface area (Å²) >= 11 is 0. The Kier molecular flexibility index (Phi) is 4.95. The monoisotopic (exact) mass is 440 g/mol. The average Bonchev–Trinajstić information content (AvgIpc) is 3.46. The fraction of sp³-hybridized carbons (Fsp3) is 0.476. The normalized spacial score (nSPS) is 20.6. The lowest BCUT2D eigenvalue weighted by Crippen LogP contribution is -2.21. The van der Waals surface area contributed by atoms with Crippen LogP contribution in [0.2, 0.25) is 0 Å². The van der Waals surface area contributed by atoms with Crippen LogP contribution in [0.15, 0.2) is 21.5 Å². The Labute approximate surface area is 180 Å². The molecule has 31 heavy (non-hydrogen) atoms. The first kappa shape index (κ1) is 20.0. The molecule has 2 amide bonds. The summed E-state index contributed by atoms with van der Waals surface area (Å²) in [6.07, 6.45) is 7.20. The molecule has 0 saturated heterocycles. The second-order valence-electron chi connectivity index (χ2n) is 8.24. The predicted molar refractivity (Wildman–Crippen MR) is 114 cm³/mol. The van der Waals surface area contributed by atoms with E-state index in [4.69, 9.17) is 9.88 Å². The molecule has 0 spiro atoms. The number of ether oxygens (including phenoxy) is 1. The number of hydrogen-bond donors (Lipinski definition) is 2. The molecule has 2 atom stereocenters. The van der Waals surface area contributed by atoms with Gasteiger partial charge >= 0.3 is 6.03 Å². The highest BCUT2D eigenvalue weighted by Crippen LogP contribution is 2.45. The van der Waals surface area contributed by atoms with Crippen LogP contribution in [0.25, 0.3) is 0 Å². The molecule has 1 aromatic carbocycles. The summed E-state index contributed by atoms with van der Waals surface area (Å²) in [4.78, 5) is 13.0. The van der Waals surface area contributed by atoms with E-state index in [0.29, 0.717) is 25.5 Å². The number of carbonyl (C=O) groups is 1. The van der Waals surface area contributed by atoms with Gasteiger partial charge in [0.25, 0.3) is 0 Å². The van der Waals surface area contributed by atoms with E-state index in [1.807, 2.05) is 0 Å². The maximum atomic E-state index is 13.1. The van der Waals surface area contributed by atoms with E-state index in [0.717, 1.165) is 55.3 Å². The summed E-state index contributed by atoms with van der Waals surface area (Å²) in [5.41, 5.74) is 5.28. The summed E-state index contributed by atoms with van der Waals surface area (Å²) in [5.74, 6) is 0.394. The number of nitrogens with one attached hydrogen (secondary N) is 1. The zero-order chi connectivity index (χ0) is 21.6. The first-order chi connectivity index (χ1) is 15.0. The van der Waals surface area contributed by atoms with Gasteiger partial charge in [0.1, 0.15) is 4.90 Å². The van der Waals surface area contributed by atoms with Crippen LogP contribution in [-0.2, 0) is 35.7 Å². The highest BCUT2D eigenvalue weighted by molar-refractivity contribution is 7.91.